The fourth-order valence-electron chi connectivity index (χ4n) is 1.05. The summed E-state index contributed by atoms with van der Waals surface area (Å²) in [7, 11) is 0. The Hall–Kier alpha value is -1.73. The Morgan fingerprint density at radius 2 is 1.78 bits per heavy atom. The van der Waals surface area contributed by atoms with Crippen LogP contribution in [0.1, 0.15) is 5.56 Å². The van der Waals surface area contributed by atoms with Crippen LogP contribution in [0.4, 0.5) is 32.0 Å². The summed E-state index contributed by atoms with van der Waals surface area (Å²) in [5.74, 6) is -9.55. The Bertz CT molecular complexity index is 474. The van der Waals surface area contributed by atoms with Crippen LogP contribution in [0.5, 0.6) is 0 Å². The first-order valence-electron chi connectivity index (χ1n) is 4.59. The van der Waals surface area contributed by atoms with Crippen LogP contribution in [-0.4, -0.2) is 18.3 Å². The third kappa shape index (κ3) is 2.74. The average molecular weight is 271 g/mol. The fraction of sp³-hybridized carbons (Fsp3) is 0.300. The fourth-order valence-corrected chi connectivity index (χ4v) is 1.05. The molecule has 0 fully saturated rings. The Labute approximate surface area is 97.6 Å². The highest BCUT2D eigenvalue weighted by atomic mass is 19.3. The average Bonchev–Trinajstić information content (AvgIpc) is 2.25. The molecule has 0 radical (unpaired) electrons. The van der Waals surface area contributed by atoms with Crippen LogP contribution in [0.25, 0.3) is 0 Å². The molecule has 1 aromatic rings. The molecule has 1 N–H and O–H groups in total. The Morgan fingerprint density at radius 3 is 2.28 bits per heavy atom. The van der Waals surface area contributed by atoms with Gasteiger partial charge in [0, 0.05) is 6.07 Å². The van der Waals surface area contributed by atoms with Crippen molar-refractivity contribution in [1.82, 2.24) is 0 Å². The van der Waals surface area contributed by atoms with Gasteiger partial charge in [-0.15, -0.1) is 0 Å². The van der Waals surface area contributed by atoms with Gasteiger partial charge in [0.05, 0.1) is 5.69 Å². The molecule has 1 amide bonds. The van der Waals surface area contributed by atoms with Gasteiger partial charge in [-0.3, -0.25) is 4.79 Å². The van der Waals surface area contributed by atoms with E-state index in [1.54, 1.807) is 0 Å². The number of anilines is 1. The van der Waals surface area contributed by atoms with Crippen LogP contribution in [0.15, 0.2) is 12.1 Å². The molecule has 0 aliphatic heterocycles. The normalized spacial score (nSPS) is 11.8. The summed E-state index contributed by atoms with van der Waals surface area (Å²) in [5.41, 5.74) is -1.05. The molecule has 0 aliphatic carbocycles. The number of hydrogen-bond donors (Lipinski definition) is 1. The van der Waals surface area contributed by atoms with Gasteiger partial charge in [0.25, 0.3) is 0 Å². The van der Waals surface area contributed by atoms with Gasteiger partial charge in [-0.25, -0.2) is 17.6 Å². The summed E-state index contributed by atoms with van der Waals surface area (Å²) in [5, 5.41) is 1.22. The van der Waals surface area contributed by atoms with Crippen LogP contribution >= 0.6 is 0 Å². The molecule has 0 aromatic heterocycles. The quantitative estimate of drug-likeness (QED) is 0.841. The molecular weight excluding hydrogens is 264 g/mol. The smallest absolute Gasteiger partial charge is 0.318 e. The first kappa shape index (κ1) is 14.3. The number of alkyl halides is 4. The second-order valence-electron chi connectivity index (χ2n) is 3.46. The van der Waals surface area contributed by atoms with Crippen LogP contribution in [0.2, 0.25) is 0 Å². The maximum atomic E-state index is 13.2. The Balaban J connectivity index is 2.99. The summed E-state index contributed by atoms with van der Waals surface area (Å²) in [6.45, 7) is 1.21. The van der Waals surface area contributed by atoms with Crippen LogP contribution < -0.4 is 5.32 Å². The van der Waals surface area contributed by atoms with Crippen molar-refractivity contribution < 1.29 is 31.1 Å². The third-order valence-corrected chi connectivity index (χ3v) is 2.07. The van der Waals surface area contributed by atoms with Crippen LogP contribution in [0, 0.1) is 18.6 Å². The first-order chi connectivity index (χ1) is 8.16. The SMILES string of the molecule is Cc1cc(F)c(NC(=O)C(F)(F)C(F)F)cc1F. The standard InChI is InChI=1S/C10H7F6NO/c1-4-2-6(12)7(3-5(4)11)17-9(18)10(15,16)8(13)14/h2-3,8H,1H3,(H,17,18). The van der Waals surface area contributed by atoms with E-state index in [1.165, 1.54) is 12.2 Å². The number of aryl methyl sites for hydroxylation is 1. The number of halogens is 6. The molecule has 0 saturated heterocycles. The maximum Gasteiger partial charge on any atom is 0.383 e. The monoisotopic (exact) mass is 271 g/mol. The topological polar surface area (TPSA) is 29.1 Å². The molecule has 1 rings (SSSR count). The first-order valence-corrected chi connectivity index (χ1v) is 4.59. The van der Waals surface area contributed by atoms with Gasteiger partial charge in [-0.05, 0) is 18.6 Å². The third-order valence-electron chi connectivity index (χ3n) is 2.07. The summed E-state index contributed by atoms with van der Waals surface area (Å²) in [6.07, 6.45) is -4.24. The van der Waals surface area contributed by atoms with Crippen molar-refractivity contribution in [3.8, 4) is 0 Å². The lowest BCUT2D eigenvalue weighted by Crippen LogP contribution is -2.41. The lowest BCUT2D eigenvalue weighted by molar-refractivity contribution is -0.163. The minimum Gasteiger partial charge on any atom is -0.318 e. The summed E-state index contributed by atoms with van der Waals surface area (Å²) < 4.78 is 75.0. The minimum absolute atomic E-state index is 0.119. The molecule has 18 heavy (non-hydrogen) atoms. The van der Waals surface area contributed by atoms with Crippen molar-refractivity contribution in [2.45, 2.75) is 19.3 Å². The summed E-state index contributed by atoms with van der Waals surface area (Å²) in [4.78, 5) is 10.8. The second-order valence-corrected chi connectivity index (χ2v) is 3.46. The number of rotatable bonds is 3. The number of carbonyl (C=O) groups excluding carboxylic acids is 1. The van der Waals surface area contributed by atoms with Gasteiger partial charge in [0.15, 0.2) is 0 Å². The van der Waals surface area contributed by atoms with Crippen LogP contribution in [-0.2, 0) is 4.79 Å². The van der Waals surface area contributed by atoms with Crippen molar-refractivity contribution in [3.63, 3.8) is 0 Å². The largest absolute Gasteiger partial charge is 0.383 e. The van der Waals surface area contributed by atoms with E-state index >= 15 is 0 Å². The molecule has 100 valence electrons. The highest BCUT2D eigenvalue weighted by Crippen LogP contribution is 2.26. The van der Waals surface area contributed by atoms with E-state index in [1.807, 2.05) is 0 Å². The lowest BCUT2D eigenvalue weighted by atomic mass is 10.2. The molecule has 0 bridgehead atoms. The Morgan fingerprint density at radius 1 is 1.22 bits per heavy atom. The van der Waals surface area contributed by atoms with Gasteiger partial charge in [0.1, 0.15) is 11.6 Å². The number of benzene rings is 1. The highest BCUT2D eigenvalue weighted by molar-refractivity contribution is 5.96. The zero-order valence-electron chi connectivity index (χ0n) is 8.91. The molecule has 0 spiro atoms. The predicted molar refractivity (Wildman–Crippen MR) is 50.7 cm³/mol. The van der Waals surface area contributed by atoms with Crippen molar-refractivity contribution in [3.05, 3.63) is 29.3 Å². The molecule has 0 unspecified atom stereocenters. The van der Waals surface area contributed by atoms with Gasteiger partial charge in [-0.2, -0.15) is 8.78 Å². The van der Waals surface area contributed by atoms with E-state index in [0.29, 0.717) is 12.1 Å². The lowest BCUT2D eigenvalue weighted by Gasteiger charge is -2.15. The van der Waals surface area contributed by atoms with E-state index in [4.69, 9.17) is 0 Å². The van der Waals surface area contributed by atoms with E-state index < -0.39 is 35.6 Å². The van der Waals surface area contributed by atoms with E-state index in [2.05, 4.69) is 0 Å². The van der Waals surface area contributed by atoms with E-state index in [-0.39, 0.29) is 5.56 Å². The number of carbonyl (C=O) groups is 1. The molecule has 0 heterocycles. The highest BCUT2D eigenvalue weighted by Gasteiger charge is 2.49. The van der Waals surface area contributed by atoms with Crippen molar-refractivity contribution >= 4 is 11.6 Å². The molecule has 2 nitrogen and oxygen atoms in total. The molecule has 8 heteroatoms. The molecule has 0 saturated carbocycles. The maximum absolute atomic E-state index is 13.2. The van der Waals surface area contributed by atoms with E-state index in [0.717, 1.165) is 0 Å². The van der Waals surface area contributed by atoms with Gasteiger partial charge >= 0.3 is 18.3 Å². The van der Waals surface area contributed by atoms with Gasteiger partial charge < -0.3 is 5.32 Å². The molecule has 1 aromatic carbocycles. The zero-order valence-corrected chi connectivity index (χ0v) is 8.91. The Kier molecular flexibility index (Phi) is 3.88. The summed E-state index contributed by atoms with van der Waals surface area (Å²) in [6, 6.07) is 1.08. The minimum atomic E-state index is -4.98. The number of nitrogens with one attached hydrogen (secondary N) is 1. The van der Waals surface area contributed by atoms with E-state index in [9.17, 15) is 31.1 Å². The van der Waals surface area contributed by atoms with Crippen molar-refractivity contribution in [2.75, 3.05) is 5.32 Å². The van der Waals surface area contributed by atoms with Gasteiger partial charge in [-0.1, -0.05) is 0 Å². The molecule has 0 atom stereocenters. The number of amides is 1. The zero-order chi connectivity index (χ0) is 14.1. The van der Waals surface area contributed by atoms with Crippen molar-refractivity contribution in [2.24, 2.45) is 0 Å². The van der Waals surface area contributed by atoms with Gasteiger partial charge in [0.2, 0.25) is 0 Å². The second kappa shape index (κ2) is 4.87. The predicted octanol–water partition coefficient (Wildman–Crippen LogP) is 3.11. The summed E-state index contributed by atoms with van der Waals surface area (Å²) >= 11 is 0. The van der Waals surface area contributed by atoms with Crippen LogP contribution in [0.3, 0.4) is 0 Å². The number of hydrogen-bond acceptors (Lipinski definition) is 1. The van der Waals surface area contributed by atoms with Crippen molar-refractivity contribution in [1.29, 1.82) is 0 Å². The molecule has 0 aliphatic rings. The molecular formula is C10H7F6NO.